The molecule has 0 aliphatic carbocycles. The smallest absolute Gasteiger partial charge is 0.255 e. The van der Waals surface area contributed by atoms with E-state index >= 15 is 0 Å². The van der Waals surface area contributed by atoms with E-state index in [1.54, 1.807) is 44.2 Å². The second-order valence-corrected chi connectivity index (χ2v) is 7.32. The number of ether oxygens (including phenoxy) is 2. The number of anilines is 1. The summed E-state index contributed by atoms with van der Waals surface area (Å²) in [6.45, 7) is 2.00. The van der Waals surface area contributed by atoms with Crippen molar-refractivity contribution in [1.29, 1.82) is 0 Å². The molecule has 0 aliphatic rings. The van der Waals surface area contributed by atoms with Gasteiger partial charge < -0.3 is 14.8 Å². The number of thioether (sulfide) groups is 1. The molecule has 1 N–H and O–H groups in total. The molecule has 4 nitrogen and oxygen atoms in total. The third-order valence-electron chi connectivity index (χ3n) is 4.33. The standard InChI is InChI=1S/C23H23NO3S/c1-16-13-17(15-28-19-7-5-4-6-8-19)9-11-20(16)24-23(25)18-10-12-21(26-2)22(14-18)27-3/h4-14H,15H2,1-3H3,(H,24,25). The van der Waals surface area contributed by atoms with Crippen LogP contribution in [-0.4, -0.2) is 20.1 Å². The van der Waals surface area contributed by atoms with Crippen molar-refractivity contribution in [3.63, 3.8) is 0 Å². The Morgan fingerprint density at radius 3 is 2.36 bits per heavy atom. The average molecular weight is 394 g/mol. The summed E-state index contributed by atoms with van der Waals surface area (Å²) in [5.41, 5.74) is 3.56. The monoisotopic (exact) mass is 393 g/mol. The summed E-state index contributed by atoms with van der Waals surface area (Å²) in [4.78, 5) is 13.9. The zero-order chi connectivity index (χ0) is 19.9. The van der Waals surface area contributed by atoms with E-state index in [-0.39, 0.29) is 5.91 Å². The molecule has 0 saturated carbocycles. The Hall–Kier alpha value is -2.92. The second-order valence-electron chi connectivity index (χ2n) is 6.27. The zero-order valence-electron chi connectivity index (χ0n) is 16.2. The minimum absolute atomic E-state index is 0.185. The highest BCUT2D eigenvalue weighted by Crippen LogP contribution is 2.29. The first-order valence-corrected chi connectivity index (χ1v) is 9.90. The molecule has 0 fully saturated rings. The van der Waals surface area contributed by atoms with E-state index in [0.717, 1.165) is 17.0 Å². The Morgan fingerprint density at radius 2 is 1.68 bits per heavy atom. The lowest BCUT2D eigenvalue weighted by atomic mass is 10.1. The lowest BCUT2D eigenvalue weighted by Crippen LogP contribution is -2.13. The minimum Gasteiger partial charge on any atom is -0.493 e. The van der Waals surface area contributed by atoms with Gasteiger partial charge in [0.1, 0.15) is 0 Å². The van der Waals surface area contributed by atoms with Crippen molar-refractivity contribution in [2.45, 2.75) is 17.6 Å². The summed E-state index contributed by atoms with van der Waals surface area (Å²) in [6.07, 6.45) is 0. The van der Waals surface area contributed by atoms with Gasteiger partial charge in [0.2, 0.25) is 0 Å². The van der Waals surface area contributed by atoms with Crippen LogP contribution in [0.3, 0.4) is 0 Å². The van der Waals surface area contributed by atoms with E-state index in [9.17, 15) is 4.79 Å². The van der Waals surface area contributed by atoms with E-state index in [1.165, 1.54) is 10.5 Å². The Morgan fingerprint density at radius 1 is 0.929 bits per heavy atom. The number of carbonyl (C=O) groups excluding carboxylic acids is 1. The number of benzene rings is 3. The summed E-state index contributed by atoms with van der Waals surface area (Å²) in [6, 6.07) is 21.5. The molecule has 0 atom stereocenters. The number of hydrogen-bond donors (Lipinski definition) is 1. The fourth-order valence-electron chi connectivity index (χ4n) is 2.81. The topological polar surface area (TPSA) is 47.6 Å². The van der Waals surface area contributed by atoms with Crippen LogP contribution in [-0.2, 0) is 5.75 Å². The van der Waals surface area contributed by atoms with Crippen LogP contribution in [0.2, 0.25) is 0 Å². The second kappa shape index (κ2) is 9.33. The van der Waals surface area contributed by atoms with Gasteiger partial charge in [-0.05, 0) is 54.4 Å². The average Bonchev–Trinajstić information content (AvgIpc) is 2.74. The molecular formula is C23H23NO3S. The van der Waals surface area contributed by atoms with Crippen LogP contribution in [0, 0.1) is 6.92 Å². The molecule has 144 valence electrons. The molecule has 0 aromatic heterocycles. The van der Waals surface area contributed by atoms with Gasteiger partial charge in [-0.15, -0.1) is 11.8 Å². The highest BCUT2D eigenvalue weighted by molar-refractivity contribution is 7.98. The molecule has 3 rings (SSSR count). The Kier molecular flexibility index (Phi) is 6.61. The maximum Gasteiger partial charge on any atom is 0.255 e. The first-order chi connectivity index (χ1) is 13.6. The van der Waals surface area contributed by atoms with Gasteiger partial charge in [-0.1, -0.05) is 30.3 Å². The van der Waals surface area contributed by atoms with Crippen molar-refractivity contribution >= 4 is 23.4 Å². The van der Waals surface area contributed by atoms with Gasteiger partial charge in [-0.2, -0.15) is 0 Å². The molecule has 0 heterocycles. The number of amides is 1. The molecule has 28 heavy (non-hydrogen) atoms. The van der Waals surface area contributed by atoms with Crippen LogP contribution in [0.25, 0.3) is 0 Å². The zero-order valence-corrected chi connectivity index (χ0v) is 17.0. The highest BCUT2D eigenvalue weighted by Gasteiger charge is 2.12. The van der Waals surface area contributed by atoms with Gasteiger partial charge >= 0.3 is 0 Å². The number of nitrogens with one attached hydrogen (secondary N) is 1. The fraction of sp³-hybridized carbons (Fsp3) is 0.174. The van der Waals surface area contributed by atoms with Crippen molar-refractivity contribution in [3.05, 3.63) is 83.4 Å². The van der Waals surface area contributed by atoms with Gasteiger partial charge in [0.05, 0.1) is 14.2 Å². The molecule has 1 amide bonds. The number of rotatable bonds is 7. The molecule has 0 bridgehead atoms. The van der Waals surface area contributed by atoms with E-state index in [4.69, 9.17) is 9.47 Å². The van der Waals surface area contributed by atoms with E-state index < -0.39 is 0 Å². The summed E-state index contributed by atoms with van der Waals surface area (Å²) in [5.74, 6) is 1.82. The summed E-state index contributed by atoms with van der Waals surface area (Å²) in [5, 5.41) is 2.97. The molecule has 5 heteroatoms. The van der Waals surface area contributed by atoms with E-state index in [2.05, 4.69) is 23.5 Å². The van der Waals surface area contributed by atoms with Gasteiger partial charge in [0, 0.05) is 21.9 Å². The Labute approximate surface area is 169 Å². The number of methoxy groups -OCH3 is 2. The predicted molar refractivity (Wildman–Crippen MR) is 115 cm³/mol. The SMILES string of the molecule is COc1ccc(C(=O)Nc2ccc(CSc3ccccc3)cc2C)cc1OC. The minimum atomic E-state index is -0.185. The van der Waals surface area contributed by atoms with Gasteiger partial charge in [-0.25, -0.2) is 0 Å². The normalized spacial score (nSPS) is 10.4. The quantitative estimate of drug-likeness (QED) is 0.534. The lowest BCUT2D eigenvalue weighted by Gasteiger charge is -2.12. The number of carbonyl (C=O) groups is 1. The van der Waals surface area contributed by atoms with Crippen molar-refractivity contribution in [2.75, 3.05) is 19.5 Å². The van der Waals surface area contributed by atoms with Crippen molar-refractivity contribution in [3.8, 4) is 11.5 Å². The van der Waals surface area contributed by atoms with Crippen LogP contribution in [0.5, 0.6) is 11.5 Å². The fourth-order valence-corrected chi connectivity index (χ4v) is 3.67. The maximum absolute atomic E-state index is 12.6. The van der Waals surface area contributed by atoms with Crippen molar-refractivity contribution in [2.24, 2.45) is 0 Å². The predicted octanol–water partition coefficient (Wildman–Crippen LogP) is 5.56. The van der Waals surface area contributed by atoms with Crippen LogP contribution in [0.4, 0.5) is 5.69 Å². The summed E-state index contributed by atoms with van der Waals surface area (Å²) in [7, 11) is 3.12. The van der Waals surface area contributed by atoms with Crippen LogP contribution in [0.15, 0.2) is 71.6 Å². The Bertz CT molecular complexity index is 957. The molecule has 0 aliphatic heterocycles. The first kappa shape index (κ1) is 19.8. The number of hydrogen-bond acceptors (Lipinski definition) is 4. The van der Waals surface area contributed by atoms with Gasteiger partial charge in [0.15, 0.2) is 11.5 Å². The van der Waals surface area contributed by atoms with Gasteiger partial charge in [-0.3, -0.25) is 4.79 Å². The van der Waals surface area contributed by atoms with Crippen LogP contribution in [0.1, 0.15) is 21.5 Å². The maximum atomic E-state index is 12.6. The molecule has 0 spiro atoms. The molecule has 3 aromatic rings. The largest absolute Gasteiger partial charge is 0.493 e. The molecule has 0 radical (unpaired) electrons. The summed E-state index contributed by atoms with van der Waals surface area (Å²) < 4.78 is 10.5. The Balaban J connectivity index is 1.68. The molecule has 0 saturated heterocycles. The third kappa shape index (κ3) is 4.87. The van der Waals surface area contributed by atoms with Crippen molar-refractivity contribution in [1.82, 2.24) is 0 Å². The first-order valence-electron chi connectivity index (χ1n) is 8.91. The van der Waals surface area contributed by atoms with E-state index in [0.29, 0.717) is 17.1 Å². The molecule has 3 aromatic carbocycles. The van der Waals surface area contributed by atoms with Gasteiger partial charge in [0.25, 0.3) is 5.91 Å². The highest BCUT2D eigenvalue weighted by atomic mass is 32.2. The third-order valence-corrected chi connectivity index (χ3v) is 5.42. The molecule has 0 unspecified atom stereocenters. The number of aryl methyl sites for hydroxylation is 1. The lowest BCUT2D eigenvalue weighted by molar-refractivity contribution is 0.102. The van der Waals surface area contributed by atoms with E-state index in [1.807, 2.05) is 37.3 Å². The van der Waals surface area contributed by atoms with Crippen LogP contribution >= 0.6 is 11.8 Å². The van der Waals surface area contributed by atoms with Crippen molar-refractivity contribution < 1.29 is 14.3 Å². The molecular weight excluding hydrogens is 370 g/mol. The van der Waals surface area contributed by atoms with Crippen LogP contribution < -0.4 is 14.8 Å². The summed E-state index contributed by atoms with van der Waals surface area (Å²) >= 11 is 1.79.